The fraction of sp³-hybridized carbons (Fsp3) is 0.364. The minimum atomic E-state index is -4.77. The van der Waals surface area contributed by atoms with Gasteiger partial charge in [0.25, 0.3) is 0 Å². The molecule has 0 aliphatic carbocycles. The van der Waals surface area contributed by atoms with E-state index in [1.165, 1.54) is 18.1 Å². The predicted octanol–water partition coefficient (Wildman–Crippen LogP) is 2.44. The molecule has 1 rings (SSSR count). The van der Waals surface area contributed by atoms with E-state index in [4.69, 9.17) is 0 Å². The average Bonchev–Trinajstić information content (AvgIpc) is 2.25. The highest BCUT2D eigenvalue weighted by Crippen LogP contribution is 2.29. The van der Waals surface area contributed by atoms with E-state index in [0.717, 1.165) is 12.1 Å². The number of esters is 1. The average molecular weight is 263 g/mol. The number of ether oxygens (including phenoxy) is 2. The Bertz CT molecular complexity index is 444. The molecular formula is C11H12F3NO3. The molecule has 0 aliphatic heterocycles. The van der Waals surface area contributed by atoms with E-state index in [1.54, 1.807) is 14.1 Å². The molecule has 0 radical (unpaired) electrons. The Labute approximate surface area is 102 Å². The number of alkyl halides is 3. The summed E-state index contributed by atoms with van der Waals surface area (Å²) >= 11 is 0. The van der Waals surface area contributed by atoms with Crippen molar-refractivity contribution in [3.05, 3.63) is 23.8 Å². The van der Waals surface area contributed by atoms with Gasteiger partial charge in [0.05, 0.1) is 18.4 Å². The zero-order valence-electron chi connectivity index (χ0n) is 10.0. The maximum absolute atomic E-state index is 12.1. The third kappa shape index (κ3) is 3.54. The van der Waals surface area contributed by atoms with Crippen molar-refractivity contribution in [1.29, 1.82) is 0 Å². The van der Waals surface area contributed by atoms with Gasteiger partial charge in [0.2, 0.25) is 0 Å². The van der Waals surface area contributed by atoms with Crippen LogP contribution in [0.2, 0.25) is 0 Å². The third-order valence-electron chi connectivity index (χ3n) is 2.09. The molecule has 100 valence electrons. The van der Waals surface area contributed by atoms with Crippen molar-refractivity contribution in [3.8, 4) is 5.75 Å². The summed E-state index contributed by atoms with van der Waals surface area (Å²) in [6.45, 7) is 0. The van der Waals surface area contributed by atoms with Crippen LogP contribution in [0.3, 0.4) is 0 Å². The first-order valence-electron chi connectivity index (χ1n) is 4.90. The van der Waals surface area contributed by atoms with Gasteiger partial charge in [-0.1, -0.05) is 0 Å². The standard InChI is InChI=1S/C11H12F3NO3/c1-15(2)9-6-7(18-11(12,13)14)4-5-8(9)10(16)17-3/h4-6H,1-3H3. The summed E-state index contributed by atoms with van der Waals surface area (Å²) in [5.41, 5.74) is 0.445. The highest BCUT2D eigenvalue weighted by Gasteiger charge is 2.31. The Kier molecular flexibility index (Phi) is 4.05. The number of rotatable bonds is 3. The number of halogens is 3. The first-order valence-corrected chi connectivity index (χ1v) is 4.90. The Morgan fingerprint density at radius 2 is 1.89 bits per heavy atom. The molecule has 0 aliphatic rings. The molecule has 0 fully saturated rings. The summed E-state index contributed by atoms with van der Waals surface area (Å²) < 4.78 is 44.5. The lowest BCUT2D eigenvalue weighted by Crippen LogP contribution is -2.19. The van der Waals surface area contributed by atoms with Gasteiger partial charge in [-0.25, -0.2) is 4.79 Å². The topological polar surface area (TPSA) is 38.8 Å². The Morgan fingerprint density at radius 3 is 2.33 bits per heavy atom. The minimum absolute atomic E-state index is 0.164. The van der Waals surface area contributed by atoms with Crippen molar-refractivity contribution in [1.82, 2.24) is 0 Å². The predicted molar refractivity (Wildman–Crippen MR) is 58.8 cm³/mol. The highest BCUT2D eigenvalue weighted by atomic mass is 19.4. The summed E-state index contributed by atoms with van der Waals surface area (Å²) in [6, 6.07) is 3.41. The molecule has 0 saturated heterocycles. The molecular weight excluding hydrogens is 251 g/mol. The van der Waals surface area contributed by atoms with Crippen LogP contribution in [0, 0.1) is 0 Å². The van der Waals surface area contributed by atoms with Gasteiger partial charge in [0, 0.05) is 20.2 Å². The maximum Gasteiger partial charge on any atom is 0.573 e. The van der Waals surface area contributed by atoms with Gasteiger partial charge in [-0.3, -0.25) is 0 Å². The maximum atomic E-state index is 12.1. The van der Waals surface area contributed by atoms with Gasteiger partial charge in [0.15, 0.2) is 0 Å². The number of hydrogen-bond donors (Lipinski definition) is 0. The third-order valence-corrected chi connectivity index (χ3v) is 2.09. The number of anilines is 1. The van der Waals surface area contributed by atoms with E-state index < -0.39 is 12.3 Å². The molecule has 1 aromatic rings. The molecule has 0 aromatic heterocycles. The van der Waals surface area contributed by atoms with Gasteiger partial charge in [-0.15, -0.1) is 13.2 Å². The molecule has 7 heteroatoms. The van der Waals surface area contributed by atoms with Gasteiger partial charge in [-0.05, 0) is 12.1 Å². The monoisotopic (exact) mass is 263 g/mol. The van der Waals surface area contributed by atoms with Crippen LogP contribution in [0.15, 0.2) is 18.2 Å². The second-order valence-electron chi connectivity index (χ2n) is 3.61. The van der Waals surface area contributed by atoms with Crippen LogP contribution in [0.5, 0.6) is 5.75 Å². The smallest absolute Gasteiger partial charge is 0.465 e. The van der Waals surface area contributed by atoms with Crippen LogP contribution in [-0.2, 0) is 4.74 Å². The fourth-order valence-corrected chi connectivity index (χ4v) is 1.36. The fourth-order valence-electron chi connectivity index (χ4n) is 1.36. The second-order valence-corrected chi connectivity index (χ2v) is 3.61. The zero-order chi connectivity index (χ0) is 13.9. The summed E-state index contributed by atoms with van der Waals surface area (Å²) in [5.74, 6) is -1.02. The SMILES string of the molecule is COC(=O)c1ccc(OC(F)(F)F)cc1N(C)C. The number of hydrogen-bond acceptors (Lipinski definition) is 4. The van der Waals surface area contributed by atoms with Crippen LogP contribution in [0.25, 0.3) is 0 Å². The van der Waals surface area contributed by atoms with Crippen molar-refractivity contribution in [2.75, 3.05) is 26.1 Å². The van der Waals surface area contributed by atoms with E-state index in [1.807, 2.05) is 0 Å². The van der Waals surface area contributed by atoms with Crippen molar-refractivity contribution in [2.24, 2.45) is 0 Å². The van der Waals surface area contributed by atoms with E-state index in [0.29, 0.717) is 0 Å². The molecule has 0 unspecified atom stereocenters. The molecule has 18 heavy (non-hydrogen) atoms. The quantitative estimate of drug-likeness (QED) is 0.785. The lowest BCUT2D eigenvalue weighted by Gasteiger charge is -2.18. The number of methoxy groups -OCH3 is 1. The number of nitrogens with zero attached hydrogens (tertiary/aromatic N) is 1. The van der Waals surface area contributed by atoms with Crippen molar-refractivity contribution < 1.29 is 27.4 Å². The number of carbonyl (C=O) groups is 1. The molecule has 0 amide bonds. The first-order chi connectivity index (χ1) is 8.24. The Hall–Kier alpha value is -1.92. The van der Waals surface area contributed by atoms with Crippen molar-refractivity contribution in [3.63, 3.8) is 0 Å². The minimum Gasteiger partial charge on any atom is -0.465 e. The molecule has 0 bridgehead atoms. The Balaban J connectivity index is 3.15. The lowest BCUT2D eigenvalue weighted by atomic mass is 10.1. The zero-order valence-corrected chi connectivity index (χ0v) is 10.0. The lowest BCUT2D eigenvalue weighted by molar-refractivity contribution is -0.274. The molecule has 0 atom stereocenters. The largest absolute Gasteiger partial charge is 0.573 e. The van der Waals surface area contributed by atoms with E-state index in [9.17, 15) is 18.0 Å². The van der Waals surface area contributed by atoms with Gasteiger partial charge < -0.3 is 14.4 Å². The molecule has 0 saturated carbocycles. The number of benzene rings is 1. The van der Waals surface area contributed by atoms with Crippen LogP contribution in [-0.4, -0.2) is 33.5 Å². The summed E-state index contributed by atoms with van der Waals surface area (Å²) in [7, 11) is 4.39. The Morgan fingerprint density at radius 1 is 1.28 bits per heavy atom. The van der Waals surface area contributed by atoms with Crippen LogP contribution in [0.4, 0.5) is 18.9 Å². The summed E-state index contributed by atoms with van der Waals surface area (Å²) in [6.07, 6.45) is -4.77. The molecule has 0 heterocycles. The van der Waals surface area contributed by atoms with Crippen molar-refractivity contribution >= 4 is 11.7 Å². The molecule has 1 aromatic carbocycles. The van der Waals surface area contributed by atoms with Crippen molar-refractivity contribution in [2.45, 2.75) is 6.36 Å². The van der Waals surface area contributed by atoms with Gasteiger partial charge >= 0.3 is 12.3 Å². The number of carbonyl (C=O) groups excluding carboxylic acids is 1. The van der Waals surface area contributed by atoms with E-state index >= 15 is 0 Å². The normalized spacial score (nSPS) is 11.0. The summed E-state index contributed by atoms with van der Waals surface area (Å²) in [5, 5.41) is 0. The van der Waals surface area contributed by atoms with Crippen LogP contribution in [0.1, 0.15) is 10.4 Å². The van der Waals surface area contributed by atoms with Crippen LogP contribution < -0.4 is 9.64 Å². The second kappa shape index (κ2) is 5.16. The summed E-state index contributed by atoms with van der Waals surface area (Å²) in [4.78, 5) is 12.9. The van der Waals surface area contributed by atoms with E-state index in [-0.39, 0.29) is 17.0 Å². The van der Waals surface area contributed by atoms with Gasteiger partial charge in [-0.2, -0.15) is 0 Å². The van der Waals surface area contributed by atoms with Gasteiger partial charge in [0.1, 0.15) is 5.75 Å². The molecule has 0 spiro atoms. The molecule has 4 nitrogen and oxygen atoms in total. The highest BCUT2D eigenvalue weighted by molar-refractivity contribution is 5.96. The molecule has 0 N–H and O–H groups in total. The van der Waals surface area contributed by atoms with E-state index in [2.05, 4.69) is 9.47 Å². The first kappa shape index (κ1) is 14.1. The van der Waals surface area contributed by atoms with Crippen LogP contribution >= 0.6 is 0 Å².